The summed E-state index contributed by atoms with van der Waals surface area (Å²) in [6.45, 7) is 3.54. The molecule has 0 saturated heterocycles. The molecule has 0 spiro atoms. The lowest BCUT2D eigenvalue weighted by molar-refractivity contribution is -0.144. The first-order valence-electron chi connectivity index (χ1n) is 11.8. The number of nitrogens with zero attached hydrogens (tertiary/aromatic N) is 2. The first-order valence-corrected chi connectivity index (χ1v) is 11.8. The second kappa shape index (κ2) is 11.4. The van der Waals surface area contributed by atoms with Crippen molar-refractivity contribution in [3.8, 4) is 5.75 Å². The van der Waals surface area contributed by atoms with E-state index in [9.17, 15) is 19.2 Å². The van der Waals surface area contributed by atoms with Gasteiger partial charge in [-0.2, -0.15) is 0 Å². The summed E-state index contributed by atoms with van der Waals surface area (Å²) in [6, 6.07) is 22.1. The Morgan fingerprint density at radius 2 is 1.43 bits per heavy atom. The molecule has 1 N–H and O–H groups in total. The van der Waals surface area contributed by atoms with Gasteiger partial charge in [-0.3, -0.25) is 24.2 Å². The Morgan fingerprint density at radius 1 is 0.838 bits per heavy atom. The standard InChI is InChI=1S/C28H27N3O6/c1-19(2)18-36-24(32)17-30-22-15-9-10-16-23(22)31(20-11-5-3-6-12-20)27(34)25(26(30)33)29-28(35)37-21-13-7-4-8-14-21/h3-16,19,25H,17-18H2,1-2H3,(H,29,35). The number of rotatable bonds is 7. The molecule has 37 heavy (non-hydrogen) atoms. The molecule has 3 aromatic carbocycles. The van der Waals surface area contributed by atoms with Crippen molar-refractivity contribution in [2.24, 2.45) is 5.92 Å². The molecule has 1 aliphatic heterocycles. The number of para-hydroxylation sites is 4. The number of hydrogen-bond donors (Lipinski definition) is 1. The Hall–Kier alpha value is -4.66. The summed E-state index contributed by atoms with van der Waals surface area (Å²) in [5, 5.41) is 2.40. The maximum Gasteiger partial charge on any atom is 0.413 e. The summed E-state index contributed by atoms with van der Waals surface area (Å²) in [5.74, 6) is -1.78. The predicted octanol–water partition coefficient (Wildman–Crippen LogP) is 4.05. The molecule has 0 aromatic heterocycles. The van der Waals surface area contributed by atoms with Crippen LogP contribution in [0.25, 0.3) is 0 Å². The number of carbonyl (C=O) groups excluding carboxylic acids is 4. The molecule has 0 fully saturated rings. The number of esters is 1. The van der Waals surface area contributed by atoms with E-state index in [1.54, 1.807) is 84.9 Å². The Morgan fingerprint density at radius 3 is 2.08 bits per heavy atom. The maximum atomic E-state index is 13.8. The van der Waals surface area contributed by atoms with Crippen LogP contribution in [0.5, 0.6) is 5.75 Å². The minimum atomic E-state index is -1.67. The molecule has 1 aliphatic rings. The number of ether oxygens (including phenoxy) is 2. The molecule has 0 bridgehead atoms. The van der Waals surface area contributed by atoms with Crippen LogP contribution >= 0.6 is 0 Å². The summed E-state index contributed by atoms with van der Waals surface area (Å²) in [5.41, 5.74) is 1.19. The first-order chi connectivity index (χ1) is 17.8. The highest BCUT2D eigenvalue weighted by atomic mass is 16.6. The molecule has 1 atom stereocenters. The third-order valence-corrected chi connectivity index (χ3v) is 5.49. The van der Waals surface area contributed by atoms with Crippen LogP contribution in [0.15, 0.2) is 84.9 Å². The van der Waals surface area contributed by atoms with Crippen molar-refractivity contribution in [1.29, 1.82) is 0 Å². The Labute approximate surface area is 214 Å². The number of amides is 3. The monoisotopic (exact) mass is 501 g/mol. The number of hydrogen-bond acceptors (Lipinski definition) is 6. The van der Waals surface area contributed by atoms with Crippen LogP contribution in [0.3, 0.4) is 0 Å². The van der Waals surface area contributed by atoms with Crippen molar-refractivity contribution in [1.82, 2.24) is 5.32 Å². The van der Waals surface area contributed by atoms with Gasteiger partial charge in [-0.05, 0) is 42.3 Å². The highest BCUT2D eigenvalue weighted by Crippen LogP contribution is 2.37. The third-order valence-electron chi connectivity index (χ3n) is 5.49. The van der Waals surface area contributed by atoms with Gasteiger partial charge in [0.1, 0.15) is 12.3 Å². The van der Waals surface area contributed by atoms with E-state index >= 15 is 0 Å². The highest BCUT2D eigenvalue weighted by Gasteiger charge is 2.43. The van der Waals surface area contributed by atoms with E-state index < -0.39 is 36.5 Å². The van der Waals surface area contributed by atoms with Crippen molar-refractivity contribution in [3.05, 3.63) is 84.9 Å². The third kappa shape index (κ3) is 5.95. The molecule has 9 heteroatoms. The molecule has 9 nitrogen and oxygen atoms in total. The smallest absolute Gasteiger partial charge is 0.413 e. The summed E-state index contributed by atoms with van der Waals surface area (Å²) in [6.07, 6.45) is -0.987. The van der Waals surface area contributed by atoms with E-state index in [4.69, 9.17) is 9.47 Å². The normalized spacial score (nSPS) is 15.2. The zero-order valence-electron chi connectivity index (χ0n) is 20.5. The zero-order valence-corrected chi connectivity index (χ0v) is 20.5. The second-order valence-electron chi connectivity index (χ2n) is 8.78. The second-order valence-corrected chi connectivity index (χ2v) is 8.78. The van der Waals surface area contributed by atoms with Gasteiger partial charge in [0.05, 0.1) is 18.0 Å². The van der Waals surface area contributed by atoms with Gasteiger partial charge in [-0.25, -0.2) is 4.79 Å². The van der Waals surface area contributed by atoms with Crippen LogP contribution in [-0.4, -0.2) is 43.1 Å². The van der Waals surface area contributed by atoms with Crippen LogP contribution in [0.4, 0.5) is 21.9 Å². The van der Waals surface area contributed by atoms with Crippen molar-refractivity contribution >= 4 is 40.9 Å². The highest BCUT2D eigenvalue weighted by molar-refractivity contribution is 6.24. The molecular weight excluding hydrogens is 474 g/mol. The molecule has 3 aromatic rings. The van der Waals surface area contributed by atoms with E-state index in [0.29, 0.717) is 17.1 Å². The average molecular weight is 502 g/mol. The Balaban J connectivity index is 1.73. The fourth-order valence-corrected chi connectivity index (χ4v) is 3.82. The lowest BCUT2D eigenvalue weighted by Gasteiger charge is -2.25. The minimum absolute atomic E-state index is 0.105. The van der Waals surface area contributed by atoms with Crippen LogP contribution in [0, 0.1) is 5.92 Å². The van der Waals surface area contributed by atoms with Gasteiger partial charge < -0.3 is 14.8 Å². The van der Waals surface area contributed by atoms with Crippen LogP contribution in [0.1, 0.15) is 13.8 Å². The SMILES string of the molecule is CC(C)COC(=O)CN1C(=O)C(NC(=O)Oc2ccccc2)C(=O)N(c2ccccc2)c2ccccc21. The average Bonchev–Trinajstić information content (AvgIpc) is 2.97. The summed E-state index contributed by atoms with van der Waals surface area (Å²) in [7, 11) is 0. The van der Waals surface area contributed by atoms with E-state index in [-0.39, 0.29) is 18.3 Å². The topological polar surface area (TPSA) is 105 Å². The van der Waals surface area contributed by atoms with Gasteiger partial charge in [-0.1, -0.05) is 62.4 Å². The molecule has 4 rings (SSSR count). The number of anilines is 3. The van der Waals surface area contributed by atoms with Gasteiger partial charge >= 0.3 is 12.1 Å². The van der Waals surface area contributed by atoms with Crippen molar-refractivity contribution in [2.75, 3.05) is 23.0 Å². The van der Waals surface area contributed by atoms with Gasteiger partial charge in [-0.15, -0.1) is 0 Å². The summed E-state index contributed by atoms with van der Waals surface area (Å²) >= 11 is 0. The van der Waals surface area contributed by atoms with Crippen molar-refractivity contribution in [3.63, 3.8) is 0 Å². The minimum Gasteiger partial charge on any atom is -0.464 e. The molecular formula is C28H27N3O6. The van der Waals surface area contributed by atoms with Crippen molar-refractivity contribution in [2.45, 2.75) is 19.9 Å². The Kier molecular flexibility index (Phi) is 7.83. The lowest BCUT2D eigenvalue weighted by atomic mass is 10.2. The Bertz CT molecular complexity index is 1280. The van der Waals surface area contributed by atoms with Gasteiger partial charge in [0.25, 0.3) is 11.8 Å². The fraction of sp³-hybridized carbons (Fsp3) is 0.214. The molecule has 1 heterocycles. The number of nitrogens with one attached hydrogen (secondary N) is 1. The number of fused-ring (bicyclic) bond motifs is 1. The van der Waals surface area contributed by atoms with Gasteiger partial charge in [0.15, 0.2) is 6.04 Å². The molecule has 190 valence electrons. The number of carbonyl (C=O) groups is 4. The van der Waals surface area contributed by atoms with Crippen molar-refractivity contribution < 1.29 is 28.7 Å². The van der Waals surface area contributed by atoms with E-state index in [2.05, 4.69) is 5.32 Å². The predicted molar refractivity (Wildman–Crippen MR) is 138 cm³/mol. The van der Waals surface area contributed by atoms with Gasteiger partial charge in [0, 0.05) is 5.69 Å². The molecule has 0 aliphatic carbocycles. The molecule has 3 amide bonds. The largest absolute Gasteiger partial charge is 0.464 e. The quantitative estimate of drug-likeness (QED) is 0.387. The summed E-state index contributed by atoms with van der Waals surface area (Å²) in [4.78, 5) is 55.5. The zero-order chi connectivity index (χ0) is 26.4. The van der Waals surface area contributed by atoms with E-state index in [1.807, 2.05) is 13.8 Å². The summed E-state index contributed by atoms with van der Waals surface area (Å²) < 4.78 is 10.6. The first kappa shape index (κ1) is 25.4. The molecule has 1 unspecified atom stereocenters. The maximum absolute atomic E-state index is 13.8. The van der Waals surface area contributed by atoms with Gasteiger partial charge in [0.2, 0.25) is 0 Å². The number of benzene rings is 3. The van der Waals surface area contributed by atoms with Crippen LogP contribution in [-0.2, 0) is 19.1 Å². The van der Waals surface area contributed by atoms with E-state index in [1.165, 1.54) is 4.90 Å². The lowest BCUT2D eigenvalue weighted by Crippen LogP contribution is -2.56. The van der Waals surface area contributed by atoms with Crippen LogP contribution < -0.4 is 19.9 Å². The van der Waals surface area contributed by atoms with E-state index in [0.717, 1.165) is 4.90 Å². The van der Waals surface area contributed by atoms with Crippen LogP contribution in [0.2, 0.25) is 0 Å². The molecule has 0 saturated carbocycles. The molecule has 0 radical (unpaired) electrons. The fourth-order valence-electron chi connectivity index (χ4n) is 3.82.